The molecule has 0 saturated heterocycles. The summed E-state index contributed by atoms with van der Waals surface area (Å²) in [7, 11) is 0. The monoisotopic (exact) mass is 267 g/mol. The van der Waals surface area contributed by atoms with Crippen LogP contribution in [0, 0.1) is 5.82 Å². The molecule has 0 aromatic heterocycles. The molecule has 0 bridgehead atoms. The molecule has 0 aliphatic carbocycles. The van der Waals surface area contributed by atoms with Crippen LogP contribution in [0.2, 0.25) is 0 Å². The van der Waals surface area contributed by atoms with E-state index >= 15 is 0 Å². The van der Waals surface area contributed by atoms with Crippen molar-refractivity contribution in [3.63, 3.8) is 0 Å². The molecule has 2 N–H and O–H groups in total. The third-order valence-corrected chi connectivity index (χ3v) is 3.13. The number of anilines is 1. The summed E-state index contributed by atoms with van der Waals surface area (Å²) in [5, 5.41) is 12.0. The maximum Gasteiger partial charge on any atom is 0.337 e. The molecule has 4 heteroatoms. The molecule has 0 saturated carbocycles. The highest BCUT2D eigenvalue weighted by Gasteiger charge is 2.15. The minimum Gasteiger partial charge on any atom is -0.478 e. The van der Waals surface area contributed by atoms with Gasteiger partial charge in [0.2, 0.25) is 0 Å². The van der Waals surface area contributed by atoms with Crippen molar-refractivity contribution in [3.8, 4) is 0 Å². The third-order valence-electron chi connectivity index (χ3n) is 3.13. The van der Waals surface area contributed by atoms with Gasteiger partial charge < -0.3 is 10.4 Å². The van der Waals surface area contributed by atoms with Crippen LogP contribution in [0.1, 0.15) is 56.3 Å². The maximum atomic E-state index is 13.7. The minimum absolute atomic E-state index is 0.0135. The van der Waals surface area contributed by atoms with E-state index in [2.05, 4.69) is 12.2 Å². The Morgan fingerprint density at radius 1 is 1.37 bits per heavy atom. The van der Waals surface area contributed by atoms with Crippen LogP contribution >= 0.6 is 0 Å². The van der Waals surface area contributed by atoms with Crippen LogP contribution in [0.25, 0.3) is 0 Å². The summed E-state index contributed by atoms with van der Waals surface area (Å²) >= 11 is 0. The molecule has 1 aromatic carbocycles. The number of nitrogens with one attached hydrogen (secondary N) is 1. The summed E-state index contributed by atoms with van der Waals surface area (Å²) in [6.07, 6.45) is 5.52. The number of carboxylic acids is 1. The van der Waals surface area contributed by atoms with Gasteiger partial charge in [0.05, 0.1) is 11.3 Å². The molecule has 19 heavy (non-hydrogen) atoms. The SMILES string of the molecule is CCCCCCC(C)Nc1c(F)cccc1C(=O)O. The van der Waals surface area contributed by atoms with Gasteiger partial charge in [-0.2, -0.15) is 0 Å². The first kappa shape index (κ1) is 15.5. The van der Waals surface area contributed by atoms with Gasteiger partial charge in [-0.05, 0) is 25.5 Å². The molecule has 1 rings (SSSR count). The number of hydrogen-bond donors (Lipinski definition) is 2. The van der Waals surface area contributed by atoms with E-state index in [0.29, 0.717) is 0 Å². The zero-order chi connectivity index (χ0) is 14.3. The number of rotatable bonds is 8. The fourth-order valence-corrected chi connectivity index (χ4v) is 2.04. The quantitative estimate of drug-likeness (QED) is 0.691. The smallest absolute Gasteiger partial charge is 0.337 e. The molecule has 0 heterocycles. The number of benzene rings is 1. The highest BCUT2D eigenvalue weighted by atomic mass is 19.1. The molecule has 0 spiro atoms. The van der Waals surface area contributed by atoms with E-state index in [0.717, 1.165) is 19.3 Å². The van der Waals surface area contributed by atoms with E-state index in [4.69, 9.17) is 5.11 Å². The van der Waals surface area contributed by atoms with Crippen LogP contribution in [0.15, 0.2) is 18.2 Å². The lowest BCUT2D eigenvalue weighted by atomic mass is 10.1. The lowest BCUT2D eigenvalue weighted by molar-refractivity contribution is 0.0697. The van der Waals surface area contributed by atoms with Crippen LogP contribution < -0.4 is 5.32 Å². The standard InChI is InChI=1S/C15H22FNO2/c1-3-4-5-6-8-11(2)17-14-12(15(18)19)9-7-10-13(14)16/h7,9-11,17H,3-6,8H2,1-2H3,(H,18,19). The maximum absolute atomic E-state index is 13.7. The van der Waals surface area contributed by atoms with Crippen LogP contribution in [-0.2, 0) is 0 Å². The highest BCUT2D eigenvalue weighted by Crippen LogP contribution is 2.22. The average Bonchev–Trinajstić information content (AvgIpc) is 2.37. The van der Waals surface area contributed by atoms with E-state index in [1.807, 2.05) is 6.92 Å². The Morgan fingerprint density at radius 3 is 2.74 bits per heavy atom. The van der Waals surface area contributed by atoms with Gasteiger partial charge in [0.25, 0.3) is 0 Å². The van der Waals surface area contributed by atoms with Crippen LogP contribution in [0.5, 0.6) is 0 Å². The Morgan fingerprint density at radius 2 is 2.11 bits per heavy atom. The van der Waals surface area contributed by atoms with Crippen molar-refractivity contribution in [1.82, 2.24) is 0 Å². The lowest BCUT2D eigenvalue weighted by Gasteiger charge is -2.17. The average molecular weight is 267 g/mol. The molecule has 3 nitrogen and oxygen atoms in total. The number of carbonyl (C=O) groups is 1. The molecule has 0 fully saturated rings. The van der Waals surface area contributed by atoms with Gasteiger partial charge in [0, 0.05) is 6.04 Å². The fourth-order valence-electron chi connectivity index (χ4n) is 2.04. The summed E-state index contributed by atoms with van der Waals surface area (Å²) in [6, 6.07) is 4.17. The Labute approximate surface area is 113 Å². The summed E-state index contributed by atoms with van der Waals surface area (Å²) in [5.41, 5.74) is 0.0819. The lowest BCUT2D eigenvalue weighted by Crippen LogP contribution is -2.18. The first-order valence-corrected chi connectivity index (χ1v) is 6.84. The van der Waals surface area contributed by atoms with Crippen LogP contribution in [0.3, 0.4) is 0 Å². The molecule has 1 unspecified atom stereocenters. The van der Waals surface area contributed by atoms with Crippen LogP contribution in [0.4, 0.5) is 10.1 Å². The molecule has 1 aromatic rings. The van der Waals surface area contributed by atoms with Crippen molar-refractivity contribution < 1.29 is 14.3 Å². The van der Waals surface area contributed by atoms with Gasteiger partial charge >= 0.3 is 5.97 Å². The summed E-state index contributed by atoms with van der Waals surface area (Å²) in [4.78, 5) is 11.0. The summed E-state index contributed by atoms with van der Waals surface area (Å²) in [6.45, 7) is 4.10. The second-order valence-electron chi connectivity index (χ2n) is 4.86. The minimum atomic E-state index is -1.11. The Bertz CT molecular complexity index is 421. The molecular weight excluding hydrogens is 245 g/mol. The first-order valence-electron chi connectivity index (χ1n) is 6.84. The van der Waals surface area contributed by atoms with Gasteiger partial charge in [-0.1, -0.05) is 38.7 Å². The van der Waals surface area contributed by atoms with Crippen molar-refractivity contribution in [3.05, 3.63) is 29.6 Å². The molecule has 0 aliphatic rings. The summed E-state index contributed by atoms with van der Waals surface area (Å²) in [5.74, 6) is -1.62. The van der Waals surface area contributed by atoms with E-state index in [-0.39, 0.29) is 17.3 Å². The van der Waals surface area contributed by atoms with Gasteiger partial charge in [-0.3, -0.25) is 0 Å². The largest absolute Gasteiger partial charge is 0.478 e. The van der Waals surface area contributed by atoms with Crippen molar-refractivity contribution in [2.45, 2.75) is 52.0 Å². The van der Waals surface area contributed by atoms with Gasteiger partial charge in [0.15, 0.2) is 0 Å². The molecule has 0 aliphatic heterocycles. The van der Waals surface area contributed by atoms with E-state index in [1.165, 1.54) is 31.0 Å². The number of unbranched alkanes of at least 4 members (excludes halogenated alkanes) is 3. The van der Waals surface area contributed by atoms with Gasteiger partial charge in [-0.25, -0.2) is 9.18 Å². The zero-order valence-electron chi connectivity index (χ0n) is 11.6. The molecular formula is C15H22FNO2. The van der Waals surface area contributed by atoms with Gasteiger partial charge in [0.1, 0.15) is 5.82 Å². The predicted molar refractivity (Wildman–Crippen MR) is 75.2 cm³/mol. The fraction of sp³-hybridized carbons (Fsp3) is 0.533. The number of carboxylic acid groups (broad SMARTS) is 1. The normalized spacial score (nSPS) is 12.2. The van der Waals surface area contributed by atoms with E-state index in [1.54, 1.807) is 0 Å². The molecule has 0 radical (unpaired) electrons. The number of aromatic carboxylic acids is 1. The second kappa shape index (κ2) is 7.77. The Kier molecular flexibility index (Phi) is 6.33. The summed E-state index contributed by atoms with van der Waals surface area (Å²) < 4.78 is 13.7. The van der Waals surface area contributed by atoms with E-state index in [9.17, 15) is 9.18 Å². The second-order valence-corrected chi connectivity index (χ2v) is 4.86. The molecule has 106 valence electrons. The Balaban J connectivity index is 2.63. The van der Waals surface area contributed by atoms with E-state index < -0.39 is 11.8 Å². The van der Waals surface area contributed by atoms with Crippen molar-refractivity contribution in [2.24, 2.45) is 0 Å². The topological polar surface area (TPSA) is 49.3 Å². The van der Waals surface area contributed by atoms with Crippen LogP contribution in [-0.4, -0.2) is 17.1 Å². The number of halogens is 1. The number of hydrogen-bond acceptors (Lipinski definition) is 2. The number of para-hydroxylation sites is 1. The van der Waals surface area contributed by atoms with Crippen molar-refractivity contribution in [1.29, 1.82) is 0 Å². The predicted octanol–water partition coefficient (Wildman–Crippen LogP) is 4.29. The third kappa shape index (κ3) is 4.89. The molecule has 0 amide bonds. The van der Waals surface area contributed by atoms with Gasteiger partial charge in [-0.15, -0.1) is 0 Å². The van der Waals surface area contributed by atoms with Crippen molar-refractivity contribution >= 4 is 11.7 Å². The zero-order valence-corrected chi connectivity index (χ0v) is 11.6. The van der Waals surface area contributed by atoms with Crippen molar-refractivity contribution in [2.75, 3.05) is 5.32 Å². The molecule has 1 atom stereocenters. The Hall–Kier alpha value is -1.58. The first-order chi connectivity index (χ1) is 9.06. The highest BCUT2D eigenvalue weighted by molar-refractivity contribution is 5.94.